The Morgan fingerprint density at radius 2 is 1.54 bits per heavy atom. The Balaban J connectivity index is 3.73. The van der Waals surface area contributed by atoms with Crippen LogP contribution in [0.1, 0.15) is 0 Å². The van der Waals surface area contributed by atoms with Gasteiger partial charge in [0.05, 0.1) is 25.9 Å². The second-order valence-corrected chi connectivity index (χ2v) is 3.24. The van der Waals surface area contributed by atoms with E-state index in [9.17, 15) is 13.3 Å². The quantitative estimate of drug-likeness (QED) is 0.687. The van der Waals surface area contributed by atoms with Gasteiger partial charge >= 0.3 is 7.82 Å². The van der Waals surface area contributed by atoms with Crippen molar-refractivity contribution in [2.75, 3.05) is 13.2 Å². The summed E-state index contributed by atoms with van der Waals surface area (Å²) in [6.07, 6.45) is 2.11. The minimum absolute atomic E-state index is 0.168. The van der Waals surface area contributed by atoms with Crippen molar-refractivity contribution < 1.29 is 27.3 Å². The Labute approximate surface area is 74.1 Å². The third-order valence-corrected chi connectivity index (χ3v) is 1.80. The molecule has 0 saturated carbocycles. The van der Waals surface area contributed by atoms with Crippen LogP contribution in [0.25, 0.3) is 0 Å². The summed E-state index contributed by atoms with van der Waals surface area (Å²) < 4.78 is 41.9. The third kappa shape index (κ3) is 7.80. The normalized spacial score (nSPS) is 16.8. The zero-order chi connectivity index (χ0) is 10.2. The minimum Gasteiger partial charge on any atom is -0.302 e. The second-order valence-electron chi connectivity index (χ2n) is 1.78. The Bertz CT molecular complexity index is 209. The summed E-state index contributed by atoms with van der Waals surface area (Å²) in [5.74, 6) is 0. The number of phosphoric ester groups is 1. The van der Waals surface area contributed by atoms with E-state index >= 15 is 0 Å². The predicted molar refractivity (Wildman–Crippen MR) is 42.2 cm³/mol. The van der Waals surface area contributed by atoms with Crippen LogP contribution >= 0.6 is 7.82 Å². The van der Waals surface area contributed by atoms with Gasteiger partial charge in [-0.1, -0.05) is 0 Å². The minimum atomic E-state index is -4.19. The van der Waals surface area contributed by atoms with Gasteiger partial charge in [0.15, 0.2) is 0 Å². The zero-order valence-electron chi connectivity index (χ0n) is 6.60. The molecule has 0 atom stereocenters. The molecular weight excluding hydrogens is 205 g/mol. The third-order valence-electron chi connectivity index (χ3n) is 0.846. The van der Waals surface area contributed by atoms with Crippen LogP contribution in [0.15, 0.2) is 24.8 Å². The summed E-state index contributed by atoms with van der Waals surface area (Å²) in [5, 5.41) is 0. The first-order valence-electron chi connectivity index (χ1n) is 3.24. The summed E-state index contributed by atoms with van der Waals surface area (Å²) in [5.41, 5.74) is 0. The van der Waals surface area contributed by atoms with Crippen LogP contribution in [0, 0.1) is 0 Å². The molecule has 7 heteroatoms. The summed E-state index contributed by atoms with van der Waals surface area (Å²) in [7, 11) is -4.19. The van der Waals surface area contributed by atoms with Crippen molar-refractivity contribution in [3.8, 4) is 0 Å². The number of halogens is 2. The summed E-state index contributed by atoms with van der Waals surface area (Å²) in [6, 6.07) is 0. The maximum atomic E-state index is 11.3. The van der Waals surface area contributed by atoms with Crippen LogP contribution in [0.2, 0.25) is 0 Å². The fourth-order valence-corrected chi connectivity index (χ4v) is 1.01. The zero-order valence-corrected chi connectivity index (χ0v) is 7.49. The highest BCUT2D eigenvalue weighted by molar-refractivity contribution is 7.47. The van der Waals surface area contributed by atoms with Crippen molar-refractivity contribution >= 4 is 7.82 Å². The molecule has 0 radical (unpaired) electrons. The van der Waals surface area contributed by atoms with Crippen molar-refractivity contribution in [3.63, 3.8) is 0 Å². The van der Waals surface area contributed by atoms with Crippen LogP contribution in [-0.4, -0.2) is 18.1 Å². The van der Waals surface area contributed by atoms with Gasteiger partial charge < -0.3 is 4.89 Å². The standard InChI is InChI=1S/C6H9F2O4P/c7-3-1-5-11-13(9,10)12-6-2-4-8/h1-4H,5-6H2,(H,9,10). The molecule has 0 amide bonds. The Morgan fingerprint density at radius 1 is 1.15 bits per heavy atom. The lowest BCUT2D eigenvalue weighted by molar-refractivity contribution is 0.173. The van der Waals surface area contributed by atoms with Crippen molar-refractivity contribution in [1.82, 2.24) is 0 Å². The highest BCUT2D eigenvalue weighted by Gasteiger charge is 2.18. The van der Waals surface area contributed by atoms with E-state index < -0.39 is 7.82 Å². The maximum absolute atomic E-state index is 11.3. The largest absolute Gasteiger partial charge is 0.472 e. The molecule has 76 valence electrons. The highest BCUT2D eigenvalue weighted by Crippen LogP contribution is 2.42. The van der Waals surface area contributed by atoms with E-state index in [4.69, 9.17) is 4.89 Å². The average Bonchev–Trinajstić information content (AvgIpc) is 2.05. The maximum Gasteiger partial charge on any atom is 0.472 e. The molecule has 0 bridgehead atoms. The Kier molecular flexibility index (Phi) is 6.62. The predicted octanol–water partition coefficient (Wildman–Crippen LogP) is 2.09. The van der Waals surface area contributed by atoms with Crippen LogP contribution in [0.5, 0.6) is 0 Å². The molecule has 4 nitrogen and oxygen atoms in total. The van der Waals surface area contributed by atoms with E-state index in [0.717, 1.165) is 12.2 Å². The molecule has 0 saturated heterocycles. The lowest BCUT2D eigenvalue weighted by Crippen LogP contribution is -1.94. The molecule has 1 N–H and O–H groups in total. The van der Waals surface area contributed by atoms with Crippen molar-refractivity contribution in [2.24, 2.45) is 0 Å². The van der Waals surface area contributed by atoms with E-state index in [2.05, 4.69) is 9.05 Å². The number of rotatable bonds is 6. The molecule has 0 spiro atoms. The summed E-state index contributed by atoms with van der Waals surface area (Å²) >= 11 is 0. The van der Waals surface area contributed by atoms with Gasteiger partial charge in [-0.3, -0.25) is 9.05 Å². The van der Waals surface area contributed by atoms with Crippen molar-refractivity contribution in [2.45, 2.75) is 0 Å². The second kappa shape index (κ2) is 6.91. The van der Waals surface area contributed by atoms with Gasteiger partial charge in [0, 0.05) is 0 Å². The van der Waals surface area contributed by atoms with Gasteiger partial charge in [-0.25, -0.2) is 13.3 Å². The molecule has 0 rings (SSSR count). The topological polar surface area (TPSA) is 55.8 Å². The Hall–Kier alpha value is -0.550. The smallest absolute Gasteiger partial charge is 0.302 e. The van der Waals surface area contributed by atoms with E-state index in [1.54, 1.807) is 0 Å². The molecule has 0 aromatic heterocycles. The molecule has 0 aromatic carbocycles. The van der Waals surface area contributed by atoms with E-state index in [0.29, 0.717) is 0 Å². The lowest BCUT2D eigenvalue weighted by Gasteiger charge is -2.08. The molecular formula is C6H9F2O4P. The first-order chi connectivity index (χ1) is 6.12. The van der Waals surface area contributed by atoms with E-state index in [1.807, 2.05) is 0 Å². The monoisotopic (exact) mass is 214 g/mol. The first-order valence-corrected chi connectivity index (χ1v) is 4.74. The first kappa shape index (κ1) is 12.4. The molecule has 0 fully saturated rings. The number of phosphoric acid groups is 1. The fraction of sp³-hybridized carbons (Fsp3) is 0.333. The molecule has 13 heavy (non-hydrogen) atoms. The van der Waals surface area contributed by atoms with Gasteiger partial charge in [-0.2, -0.15) is 0 Å². The van der Waals surface area contributed by atoms with Gasteiger partial charge in [0.1, 0.15) is 0 Å². The molecule has 0 aliphatic heterocycles. The lowest BCUT2D eigenvalue weighted by atomic mass is 10.7. The van der Waals surface area contributed by atoms with Crippen molar-refractivity contribution in [1.29, 1.82) is 0 Å². The van der Waals surface area contributed by atoms with Crippen LogP contribution < -0.4 is 0 Å². The summed E-state index contributed by atoms with van der Waals surface area (Å²) in [6.45, 7) is -0.771. The molecule has 0 aliphatic rings. The van der Waals surface area contributed by atoms with Gasteiger partial charge in [0.25, 0.3) is 0 Å². The van der Waals surface area contributed by atoms with Crippen LogP contribution in [0.3, 0.4) is 0 Å². The molecule has 0 heterocycles. The fourth-order valence-electron chi connectivity index (χ4n) is 0.384. The number of hydrogen-bond donors (Lipinski definition) is 1. The van der Waals surface area contributed by atoms with E-state index in [-0.39, 0.29) is 25.9 Å². The van der Waals surface area contributed by atoms with E-state index in [1.165, 1.54) is 0 Å². The summed E-state index contributed by atoms with van der Waals surface area (Å²) in [4.78, 5) is 8.77. The van der Waals surface area contributed by atoms with Crippen LogP contribution in [-0.2, 0) is 13.6 Å². The van der Waals surface area contributed by atoms with Gasteiger partial charge in [0.2, 0.25) is 0 Å². The Morgan fingerprint density at radius 3 is 1.85 bits per heavy atom. The SMILES string of the molecule is O=P(O)(OCC=CF)OCC=CF. The molecule has 0 unspecified atom stereocenters. The highest BCUT2D eigenvalue weighted by atomic mass is 31.2. The average molecular weight is 214 g/mol. The molecule has 0 aromatic rings. The number of hydrogen-bond acceptors (Lipinski definition) is 3. The van der Waals surface area contributed by atoms with Crippen LogP contribution in [0.4, 0.5) is 8.78 Å². The van der Waals surface area contributed by atoms with Gasteiger partial charge in [-0.15, -0.1) is 0 Å². The molecule has 0 aliphatic carbocycles. The van der Waals surface area contributed by atoms with Crippen molar-refractivity contribution in [3.05, 3.63) is 24.8 Å². The van der Waals surface area contributed by atoms with Gasteiger partial charge in [-0.05, 0) is 12.2 Å².